The van der Waals surface area contributed by atoms with Crippen molar-refractivity contribution in [2.24, 2.45) is 5.41 Å². The molecular weight excluding hydrogens is 258 g/mol. The zero-order chi connectivity index (χ0) is 15.3. The number of hydrogen-bond donors (Lipinski definition) is 1. The van der Waals surface area contributed by atoms with Gasteiger partial charge in [-0.2, -0.15) is 0 Å². The number of fused-ring (bicyclic) bond motifs is 1. The summed E-state index contributed by atoms with van der Waals surface area (Å²) >= 11 is 0. The first-order valence-corrected chi connectivity index (χ1v) is 7.61. The fourth-order valence-electron chi connectivity index (χ4n) is 3.12. The van der Waals surface area contributed by atoms with Crippen LogP contribution in [0.15, 0.2) is 42.5 Å². The van der Waals surface area contributed by atoms with E-state index in [4.69, 9.17) is 0 Å². The second-order valence-electron chi connectivity index (χ2n) is 7.36. The van der Waals surface area contributed by atoms with E-state index in [9.17, 15) is 4.79 Å². The van der Waals surface area contributed by atoms with Crippen LogP contribution in [0.2, 0.25) is 0 Å². The summed E-state index contributed by atoms with van der Waals surface area (Å²) in [5.41, 5.74) is 1.02. The van der Waals surface area contributed by atoms with Gasteiger partial charge < -0.3 is 5.32 Å². The lowest BCUT2D eigenvalue weighted by molar-refractivity contribution is -0.130. The van der Waals surface area contributed by atoms with Crippen molar-refractivity contribution < 1.29 is 4.79 Å². The van der Waals surface area contributed by atoms with E-state index in [1.165, 1.54) is 10.8 Å². The van der Waals surface area contributed by atoms with Crippen LogP contribution >= 0.6 is 0 Å². The van der Waals surface area contributed by atoms with E-state index in [1.807, 2.05) is 12.1 Å². The van der Waals surface area contributed by atoms with Crippen LogP contribution in [-0.4, -0.2) is 11.4 Å². The molecule has 0 saturated carbocycles. The first-order valence-electron chi connectivity index (χ1n) is 7.61. The summed E-state index contributed by atoms with van der Waals surface area (Å²) in [5, 5.41) is 5.62. The van der Waals surface area contributed by atoms with Gasteiger partial charge in [0.15, 0.2) is 0 Å². The molecule has 1 aliphatic rings. The van der Waals surface area contributed by atoms with Gasteiger partial charge in [0.1, 0.15) is 0 Å². The van der Waals surface area contributed by atoms with Crippen LogP contribution < -0.4 is 5.32 Å². The fourth-order valence-corrected chi connectivity index (χ4v) is 3.12. The van der Waals surface area contributed by atoms with Crippen LogP contribution in [0.5, 0.6) is 0 Å². The Morgan fingerprint density at radius 1 is 1.00 bits per heavy atom. The molecule has 110 valence electrons. The lowest BCUT2D eigenvalue weighted by Gasteiger charge is -2.48. The minimum absolute atomic E-state index is 0.0577. The third-order valence-electron chi connectivity index (χ3n) is 5.33. The molecule has 3 rings (SSSR count). The van der Waals surface area contributed by atoms with Crippen molar-refractivity contribution in [3.63, 3.8) is 0 Å². The summed E-state index contributed by atoms with van der Waals surface area (Å²) in [6.45, 7) is 8.70. The number of rotatable bonds is 1. The molecule has 1 saturated heterocycles. The molecule has 21 heavy (non-hydrogen) atoms. The number of carbonyl (C=O) groups is 1. The molecule has 1 unspecified atom stereocenters. The smallest absolute Gasteiger partial charge is 0.227 e. The van der Waals surface area contributed by atoms with Crippen molar-refractivity contribution in [1.82, 2.24) is 5.32 Å². The van der Waals surface area contributed by atoms with Crippen LogP contribution in [0.25, 0.3) is 10.8 Å². The van der Waals surface area contributed by atoms with Gasteiger partial charge in [0.05, 0.1) is 5.92 Å². The van der Waals surface area contributed by atoms with Crippen LogP contribution in [-0.2, 0) is 4.79 Å². The van der Waals surface area contributed by atoms with Crippen LogP contribution in [0.4, 0.5) is 0 Å². The van der Waals surface area contributed by atoms with Crippen LogP contribution in [0.1, 0.15) is 45.6 Å². The van der Waals surface area contributed by atoms with Crippen molar-refractivity contribution in [2.45, 2.75) is 45.6 Å². The first-order chi connectivity index (χ1) is 9.80. The quantitative estimate of drug-likeness (QED) is 0.832. The molecule has 2 aromatic rings. The summed E-state index contributed by atoms with van der Waals surface area (Å²) in [5.74, 6) is 0.0900. The molecule has 2 nitrogen and oxygen atoms in total. The normalized spacial score (nSPS) is 23.8. The first kappa shape index (κ1) is 14.1. The monoisotopic (exact) mass is 281 g/mol. The molecule has 0 aromatic heterocycles. The summed E-state index contributed by atoms with van der Waals surface area (Å²) in [4.78, 5) is 12.5. The topological polar surface area (TPSA) is 29.1 Å². The highest BCUT2D eigenvalue weighted by atomic mass is 16.2. The molecule has 0 radical (unpaired) electrons. The maximum absolute atomic E-state index is 12.5. The lowest BCUT2D eigenvalue weighted by atomic mass is 9.65. The molecule has 0 aliphatic carbocycles. The molecule has 2 heteroatoms. The van der Waals surface area contributed by atoms with Gasteiger partial charge in [0.25, 0.3) is 0 Å². The third kappa shape index (κ3) is 2.33. The Morgan fingerprint density at radius 3 is 2.38 bits per heavy atom. The van der Waals surface area contributed by atoms with E-state index < -0.39 is 0 Å². The van der Waals surface area contributed by atoms with E-state index in [0.717, 1.165) is 12.0 Å². The van der Waals surface area contributed by atoms with Gasteiger partial charge >= 0.3 is 0 Å². The van der Waals surface area contributed by atoms with E-state index in [1.54, 1.807) is 0 Å². The number of carbonyl (C=O) groups excluding carboxylic acids is 1. The maximum atomic E-state index is 12.5. The van der Waals surface area contributed by atoms with Gasteiger partial charge in [-0.05, 0) is 42.0 Å². The van der Waals surface area contributed by atoms with Crippen LogP contribution in [0.3, 0.4) is 0 Å². The number of benzene rings is 2. The lowest BCUT2D eigenvalue weighted by Crippen LogP contribution is -2.59. The molecule has 1 N–H and O–H groups in total. The second-order valence-corrected chi connectivity index (χ2v) is 7.36. The predicted molar refractivity (Wildman–Crippen MR) is 87.3 cm³/mol. The molecule has 1 amide bonds. The van der Waals surface area contributed by atoms with Crippen molar-refractivity contribution >= 4 is 16.7 Å². The molecular formula is C19H23NO. The highest BCUT2D eigenvalue weighted by molar-refractivity contribution is 5.89. The molecule has 1 fully saturated rings. The number of hydrogen-bond acceptors (Lipinski definition) is 1. The highest BCUT2D eigenvalue weighted by Crippen LogP contribution is 2.44. The van der Waals surface area contributed by atoms with E-state index >= 15 is 0 Å². The average molecular weight is 281 g/mol. The third-order valence-corrected chi connectivity index (χ3v) is 5.33. The van der Waals surface area contributed by atoms with Gasteiger partial charge in [-0.1, -0.05) is 56.3 Å². The number of piperidine rings is 1. The molecule has 0 bridgehead atoms. The SMILES string of the molecule is CC1(C)CC(c2ccc3ccccc3c2)C(=O)NC1(C)C. The Balaban J connectivity index is 2.00. The zero-order valence-corrected chi connectivity index (χ0v) is 13.2. The van der Waals surface area contributed by atoms with Gasteiger partial charge in [-0.15, -0.1) is 0 Å². The van der Waals surface area contributed by atoms with Gasteiger partial charge in [0, 0.05) is 5.54 Å². The van der Waals surface area contributed by atoms with Crippen molar-refractivity contribution in [3.05, 3.63) is 48.0 Å². The Hall–Kier alpha value is -1.83. The maximum Gasteiger partial charge on any atom is 0.227 e. The molecule has 1 heterocycles. The van der Waals surface area contributed by atoms with Gasteiger partial charge in [0.2, 0.25) is 5.91 Å². The number of amides is 1. The average Bonchev–Trinajstić information content (AvgIpc) is 2.42. The molecule has 1 atom stereocenters. The minimum atomic E-state index is -0.169. The highest BCUT2D eigenvalue weighted by Gasteiger charge is 2.46. The Morgan fingerprint density at radius 2 is 1.67 bits per heavy atom. The zero-order valence-electron chi connectivity index (χ0n) is 13.2. The summed E-state index contributed by atoms with van der Waals surface area (Å²) in [7, 11) is 0. The van der Waals surface area contributed by atoms with Gasteiger partial charge in [-0.3, -0.25) is 4.79 Å². The Bertz CT molecular complexity index is 700. The standard InChI is InChI=1S/C19H23NO/c1-18(2)12-16(17(21)20-19(18,3)4)15-10-9-13-7-5-6-8-14(13)11-15/h5-11,16H,12H2,1-4H3,(H,20,21). The van der Waals surface area contributed by atoms with Crippen molar-refractivity contribution in [3.8, 4) is 0 Å². The van der Waals surface area contributed by atoms with E-state index in [-0.39, 0.29) is 22.8 Å². The minimum Gasteiger partial charge on any atom is -0.350 e. The molecule has 0 spiro atoms. The summed E-state index contributed by atoms with van der Waals surface area (Å²) < 4.78 is 0. The number of nitrogens with one attached hydrogen (secondary N) is 1. The van der Waals surface area contributed by atoms with Crippen LogP contribution in [0, 0.1) is 5.41 Å². The Labute approximate surface area is 126 Å². The van der Waals surface area contributed by atoms with Gasteiger partial charge in [-0.25, -0.2) is 0 Å². The Kier molecular flexibility index (Phi) is 3.09. The summed E-state index contributed by atoms with van der Waals surface area (Å²) in [6, 6.07) is 14.7. The fraction of sp³-hybridized carbons (Fsp3) is 0.421. The van der Waals surface area contributed by atoms with Crippen molar-refractivity contribution in [2.75, 3.05) is 0 Å². The predicted octanol–water partition coefficient (Wildman–Crippen LogP) is 4.25. The van der Waals surface area contributed by atoms with E-state index in [2.05, 4.69) is 63.3 Å². The van der Waals surface area contributed by atoms with E-state index in [0.29, 0.717) is 0 Å². The largest absolute Gasteiger partial charge is 0.350 e. The second kappa shape index (κ2) is 4.59. The molecule has 2 aromatic carbocycles. The van der Waals surface area contributed by atoms with Crippen molar-refractivity contribution in [1.29, 1.82) is 0 Å². The molecule has 1 aliphatic heterocycles. The summed E-state index contributed by atoms with van der Waals surface area (Å²) in [6.07, 6.45) is 0.879.